The van der Waals surface area contributed by atoms with Gasteiger partial charge in [-0.3, -0.25) is 4.79 Å². The van der Waals surface area contributed by atoms with Crippen LogP contribution in [0.25, 0.3) is 0 Å². The molecule has 25 heavy (non-hydrogen) atoms. The highest BCUT2D eigenvalue weighted by atomic mass is 16.5. The maximum absolute atomic E-state index is 13.3. The van der Waals surface area contributed by atoms with Crippen LogP contribution in [0.3, 0.4) is 0 Å². The Kier molecular flexibility index (Phi) is 4.34. The molecule has 1 saturated heterocycles. The molecule has 1 aromatic heterocycles. The van der Waals surface area contributed by atoms with Crippen LogP contribution in [0.5, 0.6) is 0 Å². The van der Waals surface area contributed by atoms with E-state index in [4.69, 9.17) is 4.74 Å². The van der Waals surface area contributed by atoms with Gasteiger partial charge < -0.3 is 14.6 Å². The molecule has 1 atom stereocenters. The molecule has 0 spiro atoms. The molecule has 2 aliphatic heterocycles. The van der Waals surface area contributed by atoms with Gasteiger partial charge in [-0.15, -0.1) is 0 Å². The molecule has 1 amide bonds. The number of aromatic nitrogens is 2. The Bertz CT molecular complexity index is 745. The van der Waals surface area contributed by atoms with Crippen LogP contribution >= 0.6 is 0 Å². The van der Waals surface area contributed by atoms with Crippen molar-refractivity contribution >= 4 is 5.91 Å². The molecule has 2 aromatic rings. The summed E-state index contributed by atoms with van der Waals surface area (Å²) in [5.74, 6) is 1.26. The van der Waals surface area contributed by atoms with Crippen LogP contribution in [0, 0.1) is 6.92 Å². The van der Waals surface area contributed by atoms with Gasteiger partial charge in [0.2, 0.25) is 5.91 Å². The van der Waals surface area contributed by atoms with Gasteiger partial charge in [0.1, 0.15) is 5.82 Å². The molecule has 1 aromatic carbocycles. The standard InChI is InChI=1S/C20H25N3O2/c1-15-2-4-16(5-3-15)20(8-12-25-13-9-20)19(24)22-17-6-7-18-21-10-11-23(18)14-17/h2-5,10-11,17H,6-9,12-14H2,1H3,(H,22,24)/t17-/m1/s1. The number of nitrogens with zero attached hydrogens (tertiary/aromatic N) is 2. The second-order valence-corrected chi connectivity index (χ2v) is 7.27. The third-order valence-electron chi connectivity index (χ3n) is 5.66. The highest BCUT2D eigenvalue weighted by molar-refractivity contribution is 5.88. The number of benzene rings is 1. The highest BCUT2D eigenvalue weighted by Crippen LogP contribution is 2.35. The summed E-state index contributed by atoms with van der Waals surface area (Å²) in [6.07, 6.45) is 7.18. The molecule has 2 aliphatic rings. The Morgan fingerprint density at radius 3 is 2.80 bits per heavy atom. The summed E-state index contributed by atoms with van der Waals surface area (Å²) in [4.78, 5) is 17.7. The second kappa shape index (κ2) is 6.64. The van der Waals surface area contributed by atoms with Gasteiger partial charge in [-0.2, -0.15) is 0 Å². The van der Waals surface area contributed by atoms with E-state index >= 15 is 0 Å². The Morgan fingerprint density at radius 1 is 1.28 bits per heavy atom. The maximum Gasteiger partial charge on any atom is 0.231 e. The van der Waals surface area contributed by atoms with Crippen LogP contribution in [-0.2, 0) is 27.9 Å². The van der Waals surface area contributed by atoms with E-state index in [9.17, 15) is 4.79 Å². The fourth-order valence-corrected chi connectivity index (χ4v) is 4.05. The average molecular weight is 339 g/mol. The molecule has 1 N–H and O–H groups in total. The van der Waals surface area contributed by atoms with E-state index in [0.717, 1.165) is 43.6 Å². The third kappa shape index (κ3) is 3.09. The predicted molar refractivity (Wildman–Crippen MR) is 95.4 cm³/mol. The fraction of sp³-hybridized carbons (Fsp3) is 0.500. The zero-order valence-corrected chi connectivity index (χ0v) is 14.7. The molecular weight excluding hydrogens is 314 g/mol. The van der Waals surface area contributed by atoms with Crippen LogP contribution in [0.2, 0.25) is 0 Å². The van der Waals surface area contributed by atoms with Crippen molar-refractivity contribution in [2.75, 3.05) is 13.2 Å². The van der Waals surface area contributed by atoms with Crippen molar-refractivity contribution in [3.63, 3.8) is 0 Å². The molecule has 5 heteroatoms. The number of ether oxygens (including phenoxy) is 1. The summed E-state index contributed by atoms with van der Waals surface area (Å²) in [5.41, 5.74) is 1.85. The Morgan fingerprint density at radius 2 is 2.04 bits per heavy atom. The van der Waals surface area contributed by atoms with Gasteiger partial charge in [-0.1, -0.05) is 29.8 Å². The van der Waals surface area contributed by atoms with E-state index in [0.29, 0.717) is 13.2 Å². The zero-order valence-electron chi connectivity index (χ0n) is 14.7. The fourth-order valence-electron chi connectivity index (χ4n) is 4.05. The summed E-state index contributed by atoms with van der Waals surface area (Å²) in [5, 5.41) is 3.33. The van der Waals surface area contributed by atoms with Crippen molar-refractivity contribution in [1.82, 2.24) is 14.9 Å². The lowest BCUT2D eigenvalue weighted by Gasteiger charge is -2.38. The van der Waals surface area contributed by atoms with E-state index in [1.54, 1.807) is 0 Å². The van der Waals surface area contributed by atoms with E-state index in [2.05, 4.69) is 46.1 Å². The number of hydrogen-bond donors (Lipinski definition) is 1. The molecule has 0 bridgehead atoms. The number of amides is 1. The summed E-state index contributed by atoms with van der Waals surface area (Å²) in [6.45, 7) is 4.15. The lowest BCUT2D eigenvalue weighted by Crippen LogP contribution is -2.52. The molecule has 0 aliphatic carbocycles. The summed E-state index contributed by atoms with van der Waals surface area (Å²) < 4.78 is 7.70. The minimum Gasteiger partial charge on any atom is -0.381 e. The first-order valence-electron chi connectivity index (χ1n) is 9.13. The number of hydrogen-bond acceptors (Lipinski definition) is 3. The van der Waals surface area contributed by atoms with Gasteiger partial charge in [0, 0.05) is 44.6 Å². The number of rotatable bonds is 3. The first kappa shape index (κ1) is 16.3. The lowest BCUT2D eigenvalue weighted by atomic mass is 9.73. The number of imidazole rings is 1. The lowest BCUT2D eigenvalue weighted by molar-refractivity contribution is -0.131. The first-order chi connectivity index (χ1) is 12.2. The SMILES string of the molecule is Cc1ccc(C2(C(=O)N[C@@H]3CCc4nccn4C3)CCOCC2)cc1. The summed E-state index contributed by atoms with van der Waals surface area (Å²) in [7, 11) is 0. The second-order valence-electron chi connectivity index (χ2n) is 7.27. The van der Waals surface area contributed by atoms with Crippen LogP contribution < -0.4 is 5.32 Å². The van der Waals surface area contributed by atoms with Crippen molar-refractivity contribution in [3.05, 3.63) is 53.6 Å². The molecule has 4 rings (SSSR count). The molecule has 0 radical (unpaired) electrons. The molecule has 0 unspecified atom stereocenters. The van der Waals surface area contributed by atoms with Crippen molar-refractivity contribution in [2.45, 2.75) is 50.6 Å². The largest absolute Gasteiger partial charge is 0.381 e. The van der Waals surface area contributed by atoms with Gasteiger partial charge >= 0.3 is 0 Å². The maximum atomic E-state index is 13.3. The Hall–Kier alpha value is -2.14. The molecule has 1 fully saturated rings. The first-order valence-corrected chi connectivity index (χ1v) is 9.13. The van der Waals surface area contributed by atoms with Crippen molar-refractivity contribution in [1.29, 1.82) is 0 Å². The zero-order chi connectivity index (χ0) is 17.3. The Labute approximate surface area is 148 Å². The number of aryl methyl sites for hydroxylation is 2. The molecular formula is C20H25N3O2. The van der Waals surface area contributed by atoms with Gasteiger partial charge in [0.15, 0.2) is 0 Å². The minimum absolute atomic E-state index is 0.146. The highest BCUT2D eigenvalue weighted by Gasteiger charge is 2.42. The van der Waals surface area contributed by atoms with Gasteiger partial charge in [0.25, 0.3) is 0 Å². The topological polar surface area (TPSA) is 56.2 Å². The number of nitrogens with one attached hydrogen (secondary N) is 1. The van der Waals surface area contributed by atoms with E-state index < -0.39 is 5.41 Å². The van der Waals surface area contributed by atoms with Crippen molar-refractivity contribution < 1.29 is 9.53 Å². The molecule has 0 saturated carbocycles. The summed E-state index contributed by atoms with van der Waals surface area (Å²) >= 11 is 0. The molecule has 3 heterocycles. The smallest absolute Gasteiger partial charge is 0.231 e. The van der Waals surface area contributed by atoms with E-state index in [-0.39, 0.29) is 11.9 Å². The Balaban J connectivity index is 1.55. The van der Waals surface area contributed by atoms with Crippen LogP contribution in [-0.4, -0.2) is 34.7 Å². The quantitative estimate of drug-likeness (QED) is 0.934. The average Bonchev–Trinajstić information content (AvgIpc) is 3.10. The van der Waals surface area contributed by atoms with Crippen molar-refractivity contribution in [2.24, 2.45) is 0 Å². The normalized spacial score (nSPS) is 22.2. The number of carbonyl (C=O) groups is 1. The van der Waals surface area contributed by atoms with Crippen LogP contribution in [0.1, 0.15) is 36.2 Å². The number of fused-ring (bicyclic) bond motifs is 1. The van der Waals surface area contributed by atoms with Gasteiger partial charge in [0.05, 0.1) is 5.41 Å². The van der Waals surface area contributed by atoms with Gasteiger partial charge in [-0.05, 0) is 31.7 Å². The van der Waals surface area contributed by atoms with Crippen molar-refractivity contribution in [3.8, 4) is 0 Å². The predicted octanol–water partition coefficient (Wildman–Crippen LogP) is 2.37. The van der Waals surface area contributed by atoms with Crippen LogP contribution in [0.15, 0.2) is 36.7 Å². The number of carbonyl (C=O) groups excluding carboxylic acids is 1. The molecule has 132 valence electrons. The monoisotopic (exact) mass is 339 g/mol. The van der Waals surface area contributed by atoms with E-state index in [1.807, 2.05) is 12.4 Å². The molecule has 5 nitrogen and oxygen atoms in total. The minimum atomic E-state index is -0.471. The van der Waals surface area contributed by atoms with Crippen LogP contribution in [0.4, 0.5) is 0 Å². The van der Waals surface area contributed by atoms with Gasteiger partial charge in [-0.25, -0.2) is 4.98 Å². The summed E-state index contributed by atoms with van der Waals surface area (Å²) in [6, 6.07) is 8.57. The third-order valence-corrected chi connectivity index (χ3v) is 5.66. The van der Waals surface area contributed by atoms with E-state index in [1.165, 1.54) is 5.56 Å².